The second kappa shape index (κ2) is 60.8. The van der Waals surface area contributed by atoms with Crippen molar-refractivity contribution in [2.75, 3.05) is 40.9 Å². The molecule has 9 nitrogen and oxygen atoms in total. The molecule has 0 aliphatic heterocycles. The van der Waals surface area contributed by atoms with Crippen LogP contribution in [0.3, 0.4) is 0 Å². The van der Waals surface area contributed by atoms with Gasteiger partial charge in [0.2, 0.25) is 5.91 Å². The van der Waals surface area contributed by atoms with E-state index in [4.69, 9.17) is 13.8 Å². The van der Waals surface area contributed by atoms with Crippen molar-refractivity contribution in [3.05, 3.63) is 60.8 Å². The summed E-state index contributed by atoms with van der Waals surface area (Å²) in [6, 6.07) is -0.891. The molecule has 0 radical (unpaired) electrons. The molecule has 0 bridgehead atoms. The number of hydrogen-bond donors (Lipinski definition) is 1. The predicted molar refractivity (Wildman–Crippen MR) is 349 cm³/mol. The summed E-state index contributed by atoms with van der Waals surface area (Å²) in [4.78, 5) is 40.1. The fraction of sp³-hybridized carbons (Fsp3) is 0.831. The molecule has 0 fully saturated rings. The average Bonchev–Trinajstić information content (AvgIpc) is 3.43. The van der Waals surface area contributed by atoms with Crippen molar-refractivity contribution < 1.29 is 37.3 Å². The van der Waals surface area contributed by atoms with Crippen molar-refractivity contribution in [1.82, 2.24) is 5.32 Å². The number of esters is 1. The maximum absolute atomic E-state index is 13.6. The quantitative estimate of drug-likeness (QED) is 0.0212. The number of phosphoric ester groups is 1. The SMILES string of the molecule is CCCCC/C=C\C/C=C\CCCCCCCCCCCCCCCCCCCC(=O)NC(COP(=O)([O-])OCC[N+](C)(C)C)C(/C=C\CCCCCCCCCCC)OC(=O)CCCCCCCCC/C=C\C/C=C\CCCCC. The average molecular weight is 1160 g/mol. The Morgan fingerprint density at radius 2 is 0.753 bits per heavy atom. The Labute approximate surface area is 502 Å². The second-order valence-corrected chi connectivity index (χ2v) is 26.1. The van der Waals surface area contributed by atoms with Crippen LogP contribution in [-0.4, -0.2) is 69.4 Å². The van der Waals surface area contributed by atoms with E-state index in [1.54, 1.807) is 0 Å². The first-order chi connectivity index (χ1) is 39.4. The van der Waals surface area contributed by atoms with Crippen LogP contribution in [0.5, 0.6) is 0 Å². The molecule has 0 spiro atoms. The fourth-order valence-corrected chi connectivity index (χ4v) is 10.8. The first kappa shape index (κ1) is 78.7. The van der Waals surface area contributed by atoms with Crippen LogP contribution in [0.2, 0.25) is 0 Å². The van der Waals surface area contributed by atoms with Crippen LogP contribution in [0.15, 0.2) is 60.8 Å². The van der Waals surface area contributed by atoms with Gasteiger partial charge in [0.25, 0.3) is 7.82 Å². The first-order valence-electron chi connectivity index (χ1n) is 34.6. The molecule has 1 N–H and O–H groups in total. The minimum Gasteiger partial charge on any atom is -0.756 e. The number of allylic oxidation sites excluding steroid dienone is 9. The molecule has 0 aliphatic carbocycles. The molecule has 0 heterocycles. The van der Waals surface area contributed by atoms with Crippen molar-refractivity contribution in [2.24, 2.45) is 0 Å². The summed E-state index contributed by atoms with van der Waals surface area (Å²) in [5, 5.41) is 3.04. The van der Waals surface area contributed by atoms with Gasteiger partial charge >= 0.3 is 5.97 Å². The van der Waals surface area contributed by atoms with Gasteiger partial charge in [0, 0.05) is 12.8 Å². The zero-order valence-corrected chi connectivity index (χ0v) is 55.1. The van der Waals surface area contributed by atoms with E-state index in [1.807, 2.05) is 33.3 Å². The molecule has 81 heavy (non-hydrogen) atoms. The summed E-state index contributed by atoms with van der Waals surface area (Å²) in [5.41, 5.74) is 0. The van der Waals surface area contributed by atoms with Gasteiger partial charge in [-0.2, -0.15) is 0 Å². The third-order valence-corrected chi connectivity index (χ3v) is 16.4. The monoisotopic (exact) mass is 1160 g/mol. The van der Waals surface area contributed by atoms with Crippen LogP contribution in [0, 0.1) is 0 Å². The fourth-order valence-electron chi connectivity index (χ4n) is 10.1. The van der Waals surface area contributed by atoms with Crippen LogP contribution in [0.1, 0.15) is 329 Å². The maximum atomic E-state index is 13.6. The molecule has 0 saturated carbocycles. The third kappa shape index (κ3) is 62.1. The van der Waals surface area contributed by atoms with E-state index >= 15 is 0 Å². The Balaban J connectivity index is 4.98. The molecule has 1 amide bonds. The van der Waals surface area contributed by atoms with Gasteiger partial charge in [0.1, 0.15) is 19.3 Å². The van der Waals surface area contributed by atoms with Crippen LogP contribution in [-0.2, 0) is 27.9 Å². The Hall–Kier alpha value is -2.29. The van der Waals surface area contributed by atoms with Gasteiger partial charge in [0.05, 0.1) is 33.8 Å². The number of carbonyl (C=O) groups excluding carboxylic acids is 2. The van der Waals surface area contributed by atoms with Crippen LogP contribution >= 0.6 is 7.82 Å². The van der Waals surface area contributed by atoms with Crippen molar-refractivity contribution in [2.45, 2.75) is 341 Å². The van der Waals surface area contributed by atoms with Crippen molar-refractivity contribution >= 4 is 19.7 Å². The molecule has 0 rings (SSSR count). The van der Waals surface area contributed by atoms with E-state index < -0.39 is 20.0 Å². The lowest BCUT2D eigenvalue weighted by molar-refractivity contribution is -0.870. The van der Waals surface area contributed by atoms with Crippen LogP contribution in [0.4, 0.5) is 0 Å². The van der Waals surface area contributed by atoms with E-state index in [9.17, 15) is 19.0 Å². The summed E-state index contributed by atoms with van der Waals surface area (Å²) in [6.45, 7) is 6.82. The molecule has 474 valence electrons. The summed E-state index contributed by atoms with van der Waals surface area (Å²) in [7, 11) is 1.19. The highest BCUT2D eigenvalue weighted by Crippen LogP contribution is 2.38. The highest BCUT2D eigenvalue weighted by atomic mass is 31.2. The molecule has 0 aromatic rings. The highest BCUT2D eigenvalue weighted by molar-refractivity contribution is 7.45. The number of phosphoric acid groups is 1. The van der Waals surface area contributed by atoms with Crippen molar-refractivity contribution in [3.8, 4) is 0 Å². The standard InChI is InChI=1S/C71H133N2O7P/c1-7-10-13-16-19-22-25-27-29-31-32-33-34-35-36-37-38-39-40-42-43-45-48-51-54-57-60-63-70(74)72-68(67-79-81(76,77)78-66-65-73(4,5)6)69(62-59-56-53-50-47-24-21-18-15-12-9-3)80-71(75)64-61-58-55-52-49-46-44-41-30-28-26-23-20-17-14-11-8-2/h19-20,22-23,27-30,59,62,68-69H,7-18,21,24-26,31-58,60-61,63-67H2,1-6H3,(H-,72,74,76,77)/b22-19-,23-20-,29-27-,30-28-,62-59-. The number of amides is 1. The molecule has 10 heteroatoms. The Kier molecular flexibility index (Phi) is 59.1. The van der Waals surface area contributed by atoms with E-state index in [1.165, 1.54) is 212 Å². The van der Waals surface area contributed by atoms with Gasteiger partial charge in [-0.3, -0.25) is 14.2 Å². The zero-order valence-electron chi connectivity index (χ0n) is 54.2. The van der Waals surface area contributed by atoms with Crippen LogP contribution < -0.4 is 10.2 Å². The maximum Gasteiger partial charge on any atom is 0.306 e. The van der Waals surface area contributed by atoms with Gasteiger partial charge < -0.3 is 28.5 Å². The van der Waals surface area contributed by atoms with Crippen molar-refractivity contribution in [3.63, 3.8) is 0 Å². The van der Waals surface area contributed by atoms with E-state index in [0.29, 0.717) is 17.4 Å². The molecule has 0 saturated heterocycles. The number of nitrogens with one attached hydrogen (secondary N) is 1. The predicted octanol–water partition coefficient (Wildman–Crippen LogP) is 21.2. The third-order valence-electron chi connectivity index (χ3n) is 15.4. The summed E-state index contributed by atoms with van der Waals surface area (Å²) < 4.78 is 30.4. The molecule has 3 atom stereocenters. The second-order valence-electron chi connectivity index (χ2n) is 24.7. The molecule has 0 aromatic heterocycles. The number of rotatable bonds is 63. The van der Waals surface area contributed by atoms with Crippen LogP contribution in [0.25, 0.3) is 0 Å². The number of carbonyl (C=O) groups is 2. The zero-order chi connectivity index (χ0) is 59.3. The number of likely N-dealkylation sites (N-methyl/N-ethyl adjacent to an activating group) is 1. The molecular formula is C71H133N2O7P. The Bertz CT molecular complexity index is 1570. The van der Waals surface area contributed by atoms with Gasteiger partial charge in [-0.25, -0.2) is 0 Å². The number of unbranched alkanes of at least 4 members (excludes halogenated alkanes) is 39. The van der Waals surface area contributed by atoms with Gasteiger partial charge in [-0.05, 0) is 96.0 Å². The molecule has 3 unspecified atom stereocenters. The number of quaternary nitrogens is 1. The number of ether oxygens (including phenoxy) is 1. The van der Waals surface area contributed by atoms with Crippen molar-refractivity contribution in [1.29, 1.82) is 0 Å². The lowest BCUT2D eigenvalue weighted by Crippen LogP contribution is -2.47. The minimum absolute atomic E-state index is 0.0234. The normalized spacial score (nSPS) is 13.9. The minimum atomic E-state index is -4.70. The van der Waals surface area contributed by atoms with E-state index in [-0.39, 0.29) is 31.5 Å². The first-order valence-corrected chi connectivity index (χ1v) is 36.1. The Morgan fingerprint density at radius 1 is 0.432 bits per heavy atom. The summed E-state index contributed by atoms with van der Waals surface area (Å²) in [5.74, 6) is -0.540. The van der Waals surface area contributed by atoms with E-state index in [0.717, 1.165) is 83.5 Å². The van der Waals surface area contributed by atoms with Gasteiger partial charge in [0.15, 0.2) is 0 Å². The highest BCUT2D eigenvalue weighted by Gasteiger charge is 2.27. The summed E-state index contributed by atoms with van der Waals surface area (Å²) >= 11 is 0. The largest absolute Gasteiger partial charge is 0.756 e. The molecule has 0 aromatic carbocycles. The van der Waals surface area contributed by atoms with Gasteiger partial charge in [-0.15, -0.1) is 0 Å². The Morgan fingerprint density at radius 3 is 1.14 bits per heavy atom. The topological polar surface area (TPSA) is 114 Å². The van der Waals surface area contributed by atoms with Gasteiger partial charge in [-0.1, -0.05) is 281 Å². The summed E-state index contributed by atoms with van der Waals surface area (Å²) in [6.07, 6.45) is 77.7. The molecular weight excluding hydrogens is 1020 g/mol. The van der Waals surface area contributed by atoms with E-state index in [2.05, 4.69) is 74.7 Å². The lowest BCUT2D eigenvalue weighted by Gasteiger charge is -2.30. The lowest BCUT2D eigenvalue weighted by atomic mass is 10.0. The molecule has 0 aliphatic rings. The number of nitrogens with zero attached hydrogens (tertiary/aromatic N) is 1. The number of hydrogen-bond acceptors (Lipinski definition) is 7. The smallest absolute Gasteiger partial charge is 0.306 e.